The lowest BCUT2D eigenvalue weighted by Crippen LogP contribution is -2.78. The van der Waals surface area contributed by atoms with Gasteiger partial charge in [0.05, 0.1) is 17.1 Å². The van der Waals surface area contributed by atoms with E-state index in [9.17, 15) is 19.5 Å². The third-order valence-corrected chi connectivity index (χ3v) is 9.14. The van der Waals surface area contributed by atoms with Gasteiger partial charge in [0.1, 0.15) is 6.10 Å². The molecule has 0 radical (unpaired) electrons. The normalized spacial score (nSPS) is 37.6. The number of imide groups is 1. The van der Waals surface area contributed by atoms with Gasteiger partial charge in [-0.1, -0.05) is 6.07 Å². The van der Waals surface area contributed by atoms with Gasteiger partial charge in [-0.15, -0.1) is 0 Å². The maximum Gasteiger partial charge on any atom is 0.308 e. The molecular weight excluding hydrogens is 436 g/mol. The number of nitrogens with zero attached hydrogens (tertiary/aromatic N) is 2. The average Bonchev–Trinajstić information content (AvgIpc) is 3.45. The number of benzene rings is 1. The molecule has 7 rings (SSSR count). The van der Waals surface area contributed by atoms with Gasteiger partial charge in [-0.25, -0.2) is 0 Å². The third kappa shape index (κ3) is 2.48. The number of carbonyl (C=O) groups is 3. The van der Waals surface area contributed by atoms with Gasteiger partial charge in [0.2, 0.25) is 0 Å². The van der Waals surface area contributed by atoms with Crippen LogP contribution in [0.25, 0.3) is 0 Å². The Morgan fingerprint density at radius 3 is 2.65 bits per heavy atom. The first-order chi connectivity index (χ1) is 16.3. The highest BCUT2D eigenvalue weighted by molar-refractivity contribution is 6.13. The zero-order valence-electron chi connectivity index (χ0n) is 19.2. The zero-order chi connectivity index (χ0) is 23.4. The second-order valence-electron chi connectivity index (χ2n) is 10.8. The fourth-order valence-corrected chi connectivity index (χ4v) is 7.68. The van der Waals surface area contributed by atoms with E-state index in [4.69, 9.17) is 9.47 Å². The molecule has 2 amide bonds. The summed E-state index contributed by atoms with van der Waals surface area (Å²) in [5, 5.41) is 12.5. The second-order valence-corrected chi connectivity index (χ2v) is 10.8. The molecular formula is C26H28N2O6. The van der Waals surface area contributed by atoms with Crippen LogP contribution in [0.15, 0.2) is 24.3 Å². The van der Waals surface area contributed by atoms with Crippen molar-refractivity contribution in [2.24, 2.45) is 5.92 Å². The summed E-state index contributed by atoms with van der Waals surface area (Å²) in [7, 11) is 0. The van der Waals surface area contributed by atoms with Crippen LogP contribution < -0.4 is 9.47 Å². The lowest BCUT2D eigenvalue weighted by Gasteiger charge is -2.64. The Balaban J connectivity index is 1.40. The smallest absolute Gasteiger partial charge is 0.308 e. The fourth-order valence-electron chi connectivity index (χ4n) is 7.68. The van der Waals surface area contributed by atoms with Crippen molar-refractivity contribution in [3.05, 3.63) is 35.4 Å². The molecule has 3 heterocycles. The molecule has 1 N–H and O–H groups in total. The van der Waals surface area contributed by atoms with E-state index in [2.05, 4.69) is 4.90 Å². The summed E-state index contributed by atoms with van der Waals surface area (Å²) in [4.78, 5) is 41.0. The predicted molar refractivity (Wildman–Crippen MR) is 119 cm³/mol. The molecule has 2 saturated carbocycles. The number of ether oxygens (including phenoxy) is 2. The molecule has 3 aliphatic heterocycles. The number of hydrogen-bond donors (Lipinski definition) is 1. The van der Waals surface area contributed by atoms with Crippen LogP contribution >= 0.6 is 0 Å². The molecule has 8 nitrogen and oxygen atoms in total. The molecule has 1 aromatic rings. The van der Waals surface area contributed by atoms with E-state index in [1.54, 1.807) is 6.07 Å². The minimum atomic E-state index is -1.05. The molecule has 1 saturated heterocycles. The molecule has 3 aliphatic carbocycles. The number of rotatable bonds is 4. The van der Waals surface area contributed by atoms with Crippen molar-refractivity contribution in [3.8, 4) is 11.5 Å². The number of piperidine rings is 1. The number of aliphatic hydroxyl groups is 1. The number of likely N-dealkylation sites (tertiary alicyclic amines) is 1. The first-order valence-electron chi connectivity index (χ1n) is 12.4. The number of carbonyl (C=O) groups excluding carboxylic acids is 3. The summed E-state index contributed by atoms with van der Waals surface area (Å²) in [6.45, 7) is 3.18. The highest BCUT2D eigenvalue weighted by atomic mass is 16.6. The lowest BCUT2D eigenvalue weighted by molar-refractivity contribution is -0.201. The van der Waals surface area contributed by atoms with Crippen LogP contribution in [-0.2, 0) is 26.2 Å². The highest BCUT2D eigenvalue weighted by Crippen LogP contribution is 2.66. The largest absolute Gasteiger partial charge is 0.483 e. The quantitative estimate of drug-likeness (QED) is 0.410. The van der Waals surface area contributed by atoms with E-state index >= 15 is 0 Å². The molecule has 2 bridgehead atoms. The average molecular weight is 465 g/mol. The van der Waals surface area contributed by atoms with Gasteiger partial charge in [-0.05, 0) is 62.6 Å². The molecule has 3 fully saturated rings. The summed E-state index contributed by atoms with van der Waals surface area (Å²) in [6.07, 6.45) is 6.85. The van der Waals surface area contributed by atoms with Crippen molar-refractivity contribution in [1.82, 2.24) is 9.80 Å². The summed E-state index contributed by atoms with van der Waals surface area (Å²) in [5.41, 5.74) is 0.204. The Bertz CT molecular complexity index is 1160. The SMILES string of the molecule is CC(=O)Oc1ccc2c3c1O[C@H]1[C@H](N4C(=O)C=CC4=O)CC[C@@]4(O)[C@@H](C2)N(CC2CC2)CC[C@]314. The number of amides is 2. The van der Waals surface area contributed by atoms with Crippen molar-refractivity contribution in [2.45, 2.75) is 74.7 Å². The van der Waals surface area contributed by atoms with Gasteiger partial charge in [-0.3, -0.25) is 24.2 Å². The zero-order valence-corrected chi connectivity index (χ0v) is 19.2. The first-order valence-corrected chi connectivity index (χ1v) is 12.4. The van der Waals surface area contributed by atoms with Crippen LogP contribution in [0.2, 0.25) is 0 Å². The summed E-state index contributed by atoms with van der Waals surface area (Å²) < 4.78 is 12.1. The molecule has 34 heavy (non-hydrogen) atoms. The Kier molecular flexibility index (Phi) is 4.07. The number of esters is 1. The minimum absolute atomic E-state index is 0.0463. The molecule has 5 atom stereocenters. The summed E-state index contributed by atoms with van der Waals surface area (Å²) in [5.74, 6) is 0.418. The molecule has 6 aliphatic rings. The first kappa shape index (κ1) is 20.6. The van der Waals surface area contributed by atoms with Crippen molar-refractivity contribution < 1.29 is 29.0 Å². The Hall–Kier alpha value is -2.71. The van der Waals surface area contributed by atoms with Crippen molar-refractivity contribution in [3.63, 3.8) is 0 Å². The lowest BCUT2D eigenvalue weighted by atomic mass is 9.48. The van der Waals surface area contributed by atoms with Crippen LogP contribution in [-0.4, -0.2) is 69.6 Å². The van der Waals surface area contributed by atoms with Crippen LogP contribution in [0.1, 0.15) is 50.2 Å². The molecule has 178 valence electrons. The summed E-state index contributed by atoms with van der Waals surface area (Å²) in [6, 6.07) is 3.23. The fraction of sp³-hybridized carbons (Fsp3) is 0.577. The number of hydrogen-bond acceptors (Lipinski definition) is 7. The maximum atomic E-state index is 12.7. The van der Waals surface area contributed by atoms with Gasteiger partial charge in [0, 0.05) is 37.2 Å². The predicted octanol–water partition coefficient (Wildman–Crippen LogP) is 1.47. The van der Waals surface area contributed by atoms with E-state index in [1.807, 2.05) is 6.07 Å². The van der Waals surface area contributed by atoms with Crippen LogP contribution in [0.4, 0.5) is 0 Å². The monoisotopic (exact) mass is 464 g/mol. The van der Waals surface area contributed by atoms with Gasteiger partial charge < -0.3 is 14.6 Å². The van der Waals surface area contributed by atoms with E-state index < -0.39 is 29.1 Å². The Morgan fingerprint density at radius 1 is 1.18 bits per heavy atom. The second kappa shape index (κ2) is 6.70. The molecule has 0 unspecified atom stereocenters. The van der Waals surface area contributed by atoms with Gasteiger partial charge >= 0.3 is 5.97 Å². The van der Waals surface area contributed by atoms with Gasteiger partial charge in [0.25, 0.3) is 11.8 Å². The topological polar surface area (TPSA) is 96.4 Å². The van der Waals surface area contributed by atoms with E-state index in [0.29, 0.717) is 43.1 Å². The molecule has 0 aromatic heterocycles. The van der Waals surface area contributed by atoms with E-state index in [0.717, 1.165) is 24.2 Å². The van der Waals surface area contributed by atoms with Crippen molar-refractivity contribution in [1.29, 1.82) is 0 Å². The van der Waals surface area contributed by atoms with E-state index in [1.165, 1.54) is 36.8 Å². The van der Waals surface area contributed by atoms with Crippen LogP contribution in [0.5, 0.6) is 11.5 Å². The van der Waals surface area contributed by atoms with Gasteiger partial charge in [-0.2, -0.15) is 0 Å². The van der Waals surface area contributed by atoms with E-state index in [-0.39, 0.29) is 17.9 Å². The Labute approximate surface area is 197 Å². The molecule has 8 heteroatoms. The molecule has 1 spiro atoms. The van der Waals surface area contributed by atoms with Gasteiger partial charge in [0.15, 0.2) is 11.5 Å². The minimum Gasteiger partial charge on any atom is -0.483 e. The Morgan fingerprint density at radius 2 is 1.94 bits per heavy atom. The van der Waals surface area contributed by atoms with Crippen LogP contribution in [0.3, 0.4) is 0 Å². The standard InChI is InChI=1S/C26H28N2O6/c1-14(29)33-18-5-4-16-12-19-26(32)9-8-17(28-20(30)6-7-21(28)31)24-25(26,22(16)23(18)34-24)10-11-27(19)13-15-2-3-15/h4-7,15,17,19,24,32H,2-3,8-13H2,1H3/t17-,19-,24+,25+,26-/m1/s1. The van der Waals surface area contributed by atoms with Crippen molar-refractivity contribution >= 4 is 17.8 Å². The third-order valence-electron chi connectivity index (χ3n) is 9.14. The summed E-state index contributed by atoms with van der Waals surface area (Å²) >= 11 is 0. The highest BCUT2D eigenvalue weighted by Gasteiger charge is 2.74. The van der Waals surface area contributed by atoms with Crippen LogP contribution in [0, 0.1) is 5.92 Å². The molecule has 1 aromatic carbocycles. The van der Waals surface area contributed by atoms with Crippen molar-refractivity contribution in [2.75, 3.05) is 13.1 Å². The maximum absolute atomic E-state index is 12.7.